The Morgan fingerprint density at radius 3 is 2.46 bits per heavy atom. The van der Waals surface area contributed by atoms with Crippen molar-refractivity contribution >= 4 is 28.3 Å². The third-order valence-corrected chi connectivity index (χ3v) is 4.14. The summed E-state index contributed by atoms with van der Waals surface area (Å²) in [5.41, 5.74) is 0. The number of amides is 1. The summed E-state index contributed by atoms with van der Waals surface area (Å²) >= 11 is 5.83. The predicted molar refractivity (Wildman–Crippen MR) is 104 cm³/mol. The summed E-state index contributed by atoms with van der Waals surface area (Å²) < 4.78 is 11.3. The van der Waals surface area contributed by atoms with E-state index in [2.05, 4.69) is 11.4 Å². The van der Waals surface area contributed by atoms with Crippen molar-refractivity contribution in [1.82, 2.24) is 5.32 Å². The second-order valence-electron chi connectivity index (χ2n) is 5.86. The molecule has 1 unspecified atom stereocenters. The third kappa shape index (κ3) is 4.90. The Kier molecular flexibility index (Phi) is 5.97. The van der Waals surface area contributed by atoms with E-state index >= 15 is 0 Å². The fourth-order valence-electron chi connectivity index (χ4n) is 2.51. The molecule has 0 radical (unpaired) electrons. The van der Waals surface area contributed by atoms with Gasteiger partial charge in [0.1, 0.15) is 18.1 Å². The highest BCUT2D eigenvalue weighted by Crippen LogP contribution is 2.20. The number of fused-ring (bicyclic) bond motifs is 1. The van der Waals surface area contributed by atoms with Crippen LogP contribution in [0.4, 0.5) is 0 Å². The first-order chi connectivity index (χ1) is 12.6. The van der Waals surface area contributed by atoms with Crippen molar-refractivity contribution < 1.29 is 14.3 Å². The number of nitrogens with one attached hydrogen (secondary N) is 1. The Morgan fingerprint density at radius 1 is 1.00 bits per heavy atom. The van der Waals surface area contributed by atoms with Crippen molar-refractivity contribution in [2.45, 2.75) is 13.0 Å². The van der Waals surface area contributed by atoms with Gasteiger partial charge in [0, 0.05) is 5.02 Å². The Labute approximate surface area is 157 Å². The quantitative estimate of drug-likeness (QED) is 0.626. The van der Waals surface area contributed by atoms with E-state index in [1.54, 1.807) is 31.2 Å². The molecule has 4 nitrogen and oxygen atoms in total. The lowest BCUT2D eigenvalue weighted by Gasteiger charge is -2.15. The molecule has 0 aliphatic carbocycles. The molecule has 0 fully saturated rings. The van der Waals surface area contributed by atoms with Crippen molar-refractivity contribution in [3.8, 4) is 11.5 Å². The van der Waals surface area contributed by atoms with E-state index in [0.29, 0.717) is 23.9 Å². The van der Waals surface area contributed by atoms with E-state index in [1.165, 1.54) is 5.39 Å². The van der Waals surface area contributed by atoms with Gasteiger partial charge < -0.3 is 14.8 Å². The van der Waals surface area contributed by atoms with Crippen LogP contribution in [0.1, 0.15) is 6.92 Å². The first-order valence-corrected chi connectivity index (χ1v) is 8.81. The highest BCUT2D eigenvalue weighted by atomic mass is 35.5. The molecular weight excluding hydrogens is 350 g/mol. The second kappa shape index (κ2) is 8.59. The molecule has 3 aromatic rings. The van der Waals surface area contributed by atoms with Gasteiger partial charge in [-0.25, -0.2) is 0 Å². The van der Waals surface area contributed by atoms with Gasteiger partial charge in [0.25, 0.3) is 5.91 Å². The molecule has 26 heavy (non-hydrogen) atoms. The Balaban J connectivity index is 1.43. The number of hydrogen-bond acceptors (Lipinski definition) is 3. The molecule has 0 saturated carbocycles. The average Bonchev–Trinajstić information content (AvgIpc) is 2.66. The van der Waals surface area contributed by atoms with E-state index in [4.69, 9.17) is 21.1 Å². The van der Waals surface area contributed by atoms with Crippen LogP contribution in [-0.4, -0.2) is 25.2 Å². The van der Waals surface area contributed by atoms with Crippen LogP contribution in [0.25, 0.3) is 10.8 Å². The second-order valence-corrected chi connectivity index (χ2v) is 6.30. The SMILES string of the molecule is CC(Oc1ccc(Cl)cc1)C(=O)NCCOc1ccc2ccccc2c1. The summed E-state index contributed by atoms with van der Waals surface area (Å²) in [7, 11) is 0. The van der Waals surface area contributed by atoms with Gasteiger partial charge in [-0.2, -0.15) is 0 Å². The Bertz CT molecular complexity index is 880. The zero-order valence-electron chi connectivity index (χ0n) is 14.4. The van der Waals surface area contributed by atoms with Gasteiger partial charge in [-0.15, -0.1) is 0 Å². The van der Waals surface area contributed by atoms with Crippen LogP contribution in [0.2, 0.25) is 5.02 Å². The number of rotatable bonds is 7. The van der Waals surface area contributed by atoms with E-state index < -0.39 is 6.10 Å². The van der Waals surface area contributed by atoms with Gasteiger partial charge in [-0.3, -0.25) is 4.79 Å². The van der Waals surface area contributed by atoms with E-state index in [-0.39, 0.29) is 5.91 Å². The maximum atomic E-state index is 12.1. The highest BCUT2D eigenvalue weighted by molar-refractivity contribution is 6.30. The molecule has 1 N–H and O–H groups in total. The fraction of sp³-hybridized carbons (Fsp3) is 0.190. The lowest BCUT2D eigenvalue weighted by Crippen LogP contribution is -2.38. The number of hydrogen-bond donors (Lipinski definition) is 1. The standard InChI is InChI=1S/C21H20ClNO3/c1-15(26-19-10-7-18(22)8-11-19)21(24)23-12-13-25-20-9-6-16-4-2-3-5-17(16)14-20/h2-11,14-15H,12-13H2,1H3,(H,23,24). The summed E-state index contributed by atoms with van der Waals surface area (Å²) in [6.45, 7) is 2.49. The minimum Gasteiger partial charge on any atom is -0.492 e. The summed E-state index contributed by atoms with van der Waals surface area (Å²) in [4.78, 5) is 12.1. The molecule has 0 aliphatic heterocycles. The first kappa shape index (κ1) is 18.1. The highest BCUT2D eigenvalue weighted by Gasteiger charge is 2.14. The smallest absolute Gasteiger partial charge is 0.260 e. The molecule has 0 aromatic heterocycles. The maximum absolute atomic E-state index is 12.1. The number of ether oxygens (including phenoxy) is 2. The van der Waals surface area contributed by atoms with Crippen molar-refractivity contribution in [2.75, 3.05) is 13.2 Å². The van der Waals surface area contributed by atoms with Gasteiger partial charge in [0.2, 0.25) is 0 Å². The van der Waals surface area contributed by atoms with Crippen LogP contribution in [-0.2, 0) is 4.79 Å². The zero-order chi connectivity index (χ0) is 18.4. The summed E-state index contributed by atoms with van der Waals surface area (Å²) in [5.74, 6) is 1.19. The zero-order valence-corrected chi connectivity index (χ0v) is 15.2. The lowest BCUT2D eigenvalue weighted by molar-refractivity contribution is -0.127. The fourth-order valence-corrected chi connectivity index (χ4v) is 2.64. The van der Waals surface area contributed by atoms with E-state index in [9.17, 15) is 4.79 Å². The van der Waals surface area contributed by atoms with Crippen LogP contribution in [0.15, 0.2) is 66.7 Å². The summed E-state index contributed by atoms with van der Waals surface area (Å²) in [6, 6.07) is 20.9. The summed E-state index contributed by atoms with van der Waals surface area (Å²) in [6.07, 6.45) is -0.600. The first-order valence-electron chi connectivity index (χ1n) is 8.43. The summed E-state index contributed by atoms with van der Waals surface area (Å²) in [5, 5.41) is 5.72. The number of carbonyl (C=O) groups excluding carboxylic acids is 1. The number of halogens is 1. The van der Waals surface area contributed by atoms with Gasteiger partial charge >= 0.3 is 0 Å². The largest absolute Gasteiger partial charge is 0.492 e. The van der Waals surface area contributed by atoms with Crippen molar-refractivity contribution in [2.24, 2.45) is 0 Å². The molecule has 0 aliphatic rings. The number of benzene rings is 3. The van der Waals surface area contributed by atoms with Crippen LogP contribution in [0.5, 0.6) is 11.5 Å². The Morgan fingerprint density at radius 2 is 1.69 bits per heavy atom. The van der Waals surface area contributed by atoms with E-state index in [0.717, 1.165) is 11.1 Å². The lowest BCUT2D eigenvalue weighted by atomic mass is 10.1. The van der Waals surface area contributed by atoms with E-state index in [1.807, 2.05) is 36.4 Å². The molecular formula is C21H20ClNO3. The van der Waals surface area contributed by atoms with Crippen molar-refractivity contribution in [1.29, 1.82) is 0 Å². The van der Waals surface area contributed by atoms with Crippen molar-refractivity contribution in [3.05, 3.63) is 71.8 Å². The molecule has 5 heteroatoms. The maximum Gasteiger partial charge on any atom is 0.260 e. The Hall–Kier alpha value is -2.72. The van der Waals surface area contributed by atoms with Gasteiger partial charge in [-0.1, -0.05) is 41.9 Å². The molecule has 0 bridgehead atoms. The van der Waals surface area contributed by atoms with Crippen LogP contribution in [0, 0.1) is 0 Å². The topological polar surface area (TPSA) is 47.6 Å². The average molecular weight is 370 g/mol. The monoisotopic (exact) mass is 369 g/mol. The third-order valence-electron chi connectivity index (χ3n) is 3.89. The normalized spacial score (nSPS) is 11.8. The molecule has 1 atom stereocenters. The minimum atomic E-state index is -0.600. The predicted octanol–water partition coefficient (Wildman–Crippen LogP) is 4.46. The van der Waals surface area contributed by atoms with Crippen LogP contribution < -0.4 is 14.8 Å². The molecule has 3 aromatic carbocycles. The minimum absolute atomic E-state index is 0.193. The van der Waals surface area contributed by atoms with Crippen LogP contribution >= 0.6 is 11.6 Å². The van der Waals surface area contributed by atoms with Crippen molar-refractivity contribution in [3.63, 3.8) is 0 Å². The molecule has 0 saturated heterocycles. The van der Waals surface area contributed by atoms with Gasteiger partial charge in [0.15, 0.2) is 6.10 Å². The number of carbonyl (C=O) groups is 1. The van der Waals surface area contributed by atoms with Gasteiger partial charge in [-0.05, 0) is 54.1 Å². The molecule has 3 rings (SSSR count). The molecule has 0 heterocycles. The molecule has 0 spiro atoms. The van der Waals surface area contributed by atoms with Gasteiger partial charge in [0.05, 0.1) is 6.54 Å². The molecule has 1 amide bonds. The van der Waals surface area contributed by atoms with Crippen LogP contribution in [0.3, 0.4) is 0 Å². The molecule has 134 valence electrons.